The number of nitrogens with one attached hydrogen (secondary N) is 2. The SMILES string of the molecule is O=C(O)COc1ccc2ccccc2c1-c1c2nc(c(-c3ccccc3)c3ccc([nH]3)c(-c3ccccc3)c3nc(c(-c4ccccc4)c4ccc1[nH]4)C=C3)C=C2. The highest BCUT2D eigenvalue weighted by Crippen LogP contribution is 2.43. The highest BCUT2D eigenvalue weighted by Gasteiger charge is 2.22. The lowest BCUT2D eigenvalue weighted by Gasteiger charge is -2.15. The Kier molecular flexibility index (Phi) is 8.38. The normalized spacial score (nSPS) is 11.9. The Bertz CT molecular complexity index is 3050. The van der Waals surface area contributed by atoms with E-state index < -0.39 is 12.6 Å². The van der Waals surface area contributed by atoms with E-state index in [1.807, 2.05) is 84.9 Å². The van der Waals surface area contributed by atoms with Gasteiger partial charge in [-0.3, -0.25) is 0 Å². The summed E-state index contributed by atoms with van der Waals surface area (Å²) in [5.41, 5.74) is 14.1. The Balaban J connectivity index is 1.40. The highest BCUT2D eigenvalue weighted by molar-refractivity contribution is 6.07. The summed E-state index contributed by atoms with van der Waals surface area (Å²) in [6.45, 7) is -0.492. The third-order valence-corrected chi connectivity index (χ3v) is 10.4. The first-order valence-corrected chi connectivity index (χ1v) is 18.8. The number of nitrogens with zero attached hydrogens (tertiary/aromatic N) is 2. The number of aromatic amines is 2. The number of aromatic nitrogens is 4. The van der Waals surface area contributed by atoms with Crippen LogP contribution in [0.2, 0.25) is 0 Å². The largest absolute Gasteiger partial charge is 0.481 e. The number of carboxylic acids is 1. The molecular formula is C50H34N4O3. The Labute approximate surface area is 328 Å². The van der Waals surface area contributed by atoms with Gasteiger partial charge in [-0.05, 0) is 82.1 Å². The molecule has 0 saturated heterocycles. The number of fused-ring (bicyclic) bond motifs is 9. The van der Waals surface area contributed by atoms with Crippen LogP contribution in [-0.4, -0.2) is 37.6 Å². The van der Waals surface area contributed by atoms with Crippen molar-refractivity contribution in [2.45, 2.75) is 0 Å². The van der Waals surface area contributed by atoms with Crippen LogP contribution in [0.15, 0.2) is 152 Å². The van der Waals surface area contributed by atoms with E-state index in [2.05, 4.69) is 101 Å². The third kappa shape index (κ3) is 6.17. The van der Waals surface area contributed by atoms with Crippen LogP contribution in [0, 0.1) is 0 Å². The van der Waals surface area contributed by atoms with Gasteiger partial charge in [0.2, 0.25) is 0 Å². The van der Waals surface area contributed by atoms with Gasteiger partial charge in [0.25, 0.3) is 0 Å². The predicted octanol–water partition coefficient (Wildman–Crippen LogP) is 11.9. The average Bonchev–Trinajstić information content (AvgIpc) is 4.10. The standard InChI is InChI=1S/C50H34N4O3/c55-45(56)30-57-44-29-20-31-12-10-11-19-35(31)49(44)50-42-27-25-40(53-42)47(33-15-6-2-7-16-33)38-23-21-36(51-38)46(32-13-4-1-5-14-32)37-22-24-39(52-37)48(34-17-8-3-9-18-34)41-26-28-43(50)54-41/h1-29,51,54H,30H2,(H,55,56). The fraction of sp³-hybridized carbons (Fsp3) is 0.0200. The minimum absolute atomic E-state index is 0.445. The topological polar surface area (TPSA) is 104 Å². The molecule has 272 valence electrons. The predicted molar refractivity (Wildman–Crippen MR) is 231 cm³/mol. The number of benzene rings is 5. The van der Waals surface area contributed by atoms with Gasteiger partial charge in [-0.25, -0.2) is 14.8 Å². The first-order valence-electron chi connectivity index (χ1n) is 18.8. The summed E-state index contributed by atoms with van der Waals surface area (Å²) in [6.07, 6.45) is 8.27. The van der Waals surface area contributed by atoms with Gasteiger partial charge >= 0.3 is 5.97 Å². The summed E-state index contributed by atoms with van der Waals surface area (Å²) >= 11 is 0. The van der Waals surface area contributed by atoms with Crippen molar-refractivity contribution in [2.75, 3.05) is 6.61 Å². The van der Waals surface area contributed by atoms with E-state index in [-0.39, 0.29) is 0 Å². The molecule has 0 amide bonds. The summed E-state index contributed by atoms with van der Waals surface area (Å²) < 4.78 is 6.07. The molecule has 3 N–H and O–H groups in total. The van der Waals surface area contributed by atoms with Crippen molar-refractivity contribution >= 4 is 63.1 Å². The van der Waals surface area contributed by atoms with Gasteiger partial charge in [0.1, 0.15) is 5.75 Å². The minimum atomic E-state index is -1.06. The number of hydrogen-bond donors (Lipinski definition) is 3. The van der Waals surface area contributed by atoms with Gasteiger partial charge in [-0.15, -0.1) is 0 Å². The lowest BCUT2D eigenvalue weighted by atomic mass is 9.95. The molecule has 8 aromatic rings. The molecule has 0 saturated carbocycles. The van der Waals surface area contributed by atoms with Crippen LogP contribution in [0.5, 0.6) is 5.75 Å². The molecule has 7 nitrogen and oxygen atoms in total. The first kappa shape index (κ1) is 33.8. The van der Waals surface area contributed by atoms with Crippen molar-refractivity contribution in [1.82, 2.24) is 19.9 Å². The fourth-order valence-corrected chi connectivity index (χ4v) is 7.96. The van der Waals surface area contributed by atoms with Gasteiger partial charge in [-0.1, -0.05) is 121 Å². The molecule has 2 aliphatic heterocycles. The monoisotopic (exact) mass is 738 g/mol. The molecule has 3 aromatic heterocycles. The molecule has 2 aliphatic rings. The Hall–Kier alpha value is -7.77. The molecule has 0 aliphatic carbocycles. The number of hydrogen-bond acceptors (Lipinski definition) is 4. The van der Waals surface area contributed by atoms with E-state index in [9.17, 15) is 9.90 Å². The summed E-state index contributed by atoms with van der Waals surface area (Å²) in [5.74, 6) is -0.613. The highest BCUT2D eigenvalue weighted by atomic mass is 16.5. The van der Waals surface area contributed by atoms with E-state index in [1.54, 1.807) is 0 Å². The van der Waals surface area contributed by atoms with Gasteiger partial charge in [-0.2, -0.15) is 0 Å². The van der Waals surface area contributed by atoms with Crippen molar-refractivity contribution in [1.29, 1.82) is 0 Å². The van der Waals surface area contributed by atoms with Gasteiger partial charge < -0.3 is 19.8 Å². The van der Waals surface area contributed by atoms with E-state index in [0.29, 0.717) is 11.4 Å². The van der Waals surface area contributed by atoms with E-state index in [0.717, 1.165) is 94.4 Å². The van der Waals surface area contributed by atoms with Crippen LogP contribution in [0.25, 0.3) is 102 Å². The molecule has 10 rings (SSSR count). The third-order valence-electron chi connectivity index (χ3n) is 10.4. The maximum atomic E-state index is 11.9. The number of carbonyl (C=O) groups is 1. The van der Waals surface area contributed by atoms with Crippen LogP contribution in [-0.2, 0) is 4.79 Å². The van der Waals surface area contributed by atoms with Crippen LogP contribution in [0.3, 0.4) is 0 Å². The van der Waals surface area contributed by atoms with Crippen molar-refractivity contribution in [2.24, 2.45) is 0 Å². The van der Waals surface area contributed by atoms with Crippen molar-refractivity contribution in [3.8, 4) is 50.3 Å². The molecule has 0 radical (unpaired) electrons. The molecule has 8 bridgehead atoms. The molecule has 57 heavy (non-hydrogen) atoms. The summed E-state index contributed by atoms with van der Waals surface area (Å²) in [4.78, 5) is 30.2. The number of aliphatic carboxylic acids is 1. The summed E-state index contributed by atoms with van der Waals surface area (Å²) in [6, 6.07) is 51.2. The maximum Gasteiger partial charge on any atom is 0.341 e. The van der Waals surface area contributed by atoms with Crippen LogP contribution >= 0.6 is 0 Å². The molecule has 0 atom stereocenters. The number of rotatable bonds is 7. The van der Waals surface area contributed by atoms with Crippen molar-refractivity contribution < 1.29 is 14.6 Å². The molecule has 0 unspecified atom stereocenters. The first-order chi connectivity index (χ1) is 28.1. The van der Waals surface area contributed by atoms with Gasteiger partial charge in [0.15, 0.2) is 6.61 Å². The van der Waals surface area contributed by atoms with E-state index in [1.165, 1.54) is 0 Å². The quantitative estimate of drug-likeness (QED) is 0.151. The van der Waals surface area contributed by atoms with Crippen LogP contribution < -0.4 is 4.74 Å². The molecular weight excluding hydrogens is 705 g/mol. The summed E-state index contributed by atoms with van der Waals surface area (Å²) in [7, 11) is 0. The minimum Gasteiger partial charge on any atom is -0.481 e. The fourth-order valence-electron chi connectivity index (χ4n) is 7.96. The average molecular weight is 739 g/mol. The second-order valence-electron chi connectivity index (χ2n) is 13.9. The second kappa shape index (κ2) is 14.1. The Morgan fingerprint density at radius 1 is 0.456 bits per heavy atom. The Morgan fingerprint density at radius 2 is 0.860 bits per heavy atom. The van der Waals surface area contributed by atoms with E-state index >= 15 is 0 Å². The van der Waals surface area contributed by atoms with E-state index in [4.69, 9.17) is 14.7 Å². The van der Waals surface area contributed by atoms with Crippen molar-refractivity contribution in [3.05, 3.63) is 174 Å². The number of H-pyrrole nitrogens is 2. The van der Waals surface area contributed by atoms with Crippen LogP contribution in [0.1, 0.15) is 22.8 Å². The zero-order chi connectivity index (χ0) is 38.3. The second-order valence-corrected chi connectivity index (χ2v) is 13.9. The van der Waals surface area contributed by atoms with Crippen LogP contribution in [0.4, 0.5) is 0 Å². The maximum absolute atomic E-state index is 11.9. The zero-order valence-corrected chi connectivity index (χ0v) is 30.6. The molecule has 5 heterocycles. The van der Waals surface area contributed by atoms with Crippen molar-refractivity contribution in [3.63, 3.8) is 0 Å². The lowest BCUT2D eigenvalue weighted by Crippen LogP contribution is -2.10. The molecule has 5 aromatic carbocycles. The molecule has 7 heteroatoms. The zero-order valence-electron chi connectivity index (χ0n) is 30.6. The number of carboxylic acid groups (broad SMARTS) is 1. The van der Waals surface area contributed by atoms with Gasteiger partial charge in [0.05, 0.1) is 22.8 Å². The molecule has 0 fully saturated rings. The lowest BCUT2D eigenvalue weighted by molar-refractivity contribution is -0.139. The number of ether oxygens (including phenoxy) is 1. The Morgan fingerprint density at radius 3 is 1.32 bits per heavy atom. The summed E-state index contributed by atoms with van der Waals surface area (Å²) in [5, 5.41) is 11.6. The smallest absolute Gasteiger partial charge is 0.341 e. The molecule has 0 spiro atoms. The van der Waals surface area contributed by atoms with Gasteiger partial charge in [0, 0.05) is 49.9 Å².